The van der Waals surface area contributed by atoms with Crippen molar-refractivity contribution in [3.05, 3.63) is 57.6 Å². The molecule has 34 heavy (non-hydrogen) atoms. The molecule has 178 valence electrons. The summed E-state index contributed by atoms with van der Waals surface area (Å²) in [4.78, 5) is 26.1. The third-order valence-electron chi connectivity index (χ3n) is 7.32. The normalized spacial score (nSPS) is 20.0. The first kappa shape index (κ1) is 22.5. The van der Waals surface area contributed by atoms with Gasteiger partial charge in [0, 0.05) is 62.0 Å². The molecule has 5 rings (SSSR count). The second kappa shape index (κ2) is 8.84. The summed E-state index contributed by atoms with van der Waals surface area (Å²) in [6.07, 6.45) is 5.02. The largest absolute Gasteiger partial charge is 0.363 e. The minimum atomic E-state index is -0.358. The monoisotopic (exact) mass is 463 g/mol. The number of hydrogen-bond donors (Lipinski definition) is 0. The molecule has 2 unspecified atom stereocenters. The quantitative estimate of drug-likeness (QED) is 0.522. The molecule has 8 nitrogen and oxygen atoms in total. The van der Waals surface area contributed by atoms with Crippen molar-refractivity contribution < 1.29 is 4.39 Å². The summed E-state index contributed by atoms with van der Waals surface area (Å²) in [6, 6.07) is 7.71. The van der Waals surface area contributed by atoms with Crippen LogP contribution in [0.5, 0.6) is 0 Å². The van der Waals surface area contributed by atoms with Crippen LogP contribution in [0.2, 0.25) is 0 Å². The number of halogens is 1. The van der Waals surface area contributed by atoms with Gasteiger partial charge in [-0.2, -0.15) is 9.65 Å². The molecule has 0 aromatic carbocycles. The van der Waals surface area contributed by atoms with Gasteiger partial charge in [0.15, 0.2) is 5.65 Å². The number of pyridine rings is 1. The second-order valence-corrected chi connectivity index (χ2v) is 9.44. The van der Waals surface area contributed by atoms with Gasteiger partial charge in [0.1, 0.15) is 0 Å². The van der Waals surface area contributed by atoms with Crippen molar-refractivity contribution in [1.29, 1.82) is 5.26 Å². The first-order valence-electron chi connectivity index (χ1n) is 12.0. The van der Waals surface area contributed by atoms with Crippen molar-refractivity contribution in [3.63, 3.8) is 0 Å². The Morgan fingerprint density at radius 3 is 2.74 bits per heavy atom. The van der Waals surface area contributed by atoms with Crippen molar-refractivity contribution >= 4 is 11.3 Å². The average Bonchev–Trinajstić information content (AvgIpc) is 3.60. The molecule has 1 aliphatic heterocycles. The fraction of sp³-hybridized carbons (Fsp3) is 0.520. The second-order valence-electron chi connectivity index (χ2n) is 9.44. The van der Waals surface area contributed by atoms with E-state index in [-0.39, 0.29) is 30.0 Å². The minimum absolute atomic E-state index is 0.0886. The van der Waals surface area contributed by atoms with E-state index < -0.39 is 0 Å². The summed E-state index contributed by atoms with van der Waals surface area (Å²) in [7, 11) is 1.70. The Bertz CT molecular complexity index is 1320. The van der Waals surface area contributed by atoms with Gasteiger partial charge in [-0.15, -0.1) is 0 Å². The first-order valence-corrected chi connectivity index (χ1v) is 12.0. The molecule has 2 aliphatic rings. The smallest absolute Gasteiger partial charge is 0.267 e. The molecule has 0 bridgehead atoms. The number of fused-ring (bicyclic) bond motifs is 1. The molecule has 0 radical (unpaired) electrons. The van der Waals surface area contributed by atoms with Gasteiger partial charge in [-0.1, -0.05) is 13.0 Å². The maximum atomic E-state index is 14.9. The molecule has 4 heterocycles. The van der Waals surface area contributed by atoms with Crippen molar-refractivity contribution in [2.75, 3.05) is 24.5 Å². The molecular weight excluding hydrogens is 433 g/mol. The Balaban J connectivity index is 1.42. The number of rotatable bonds is 6. The Morgan fingerprint density at radius 1 is 1.26 bits per heavy atom. The summed E-state index contributed by atoms with van der Waals surface area (Å²) in [5.41, 5.74) is 3.49. The summed E-state index contributed by atoms with van der Waals surface area (Å²) in [6.45, 7) is 6.34. The zero-order valence-electron chi connectivity index (χ0n) is 19.9. The van der Waals surface area contributed by atoms with Crippen molar-refractivity contribution in [1.82, 2.24) is 24.1 Å². The van der Waals surface area contributed by atoms with Crippen molar-refractivity contribution in [2.45, 2.75) is 57.5 Å². The zero-order valence-corrected chi connectivity index (χ0v) is 19.9. The van der Waals surface area contributed by atoms with Crippen LogP contribution in [0.3, 0.4) is 0 Å². The maximum Gasteiger partial charge on any atom is 0.267 e. The van der Waals surface area contributed by atoms with Crippen LogP contribution >= 0.6 is 0 Å². The predicted octanol–water partition coefficient (Wildman–Crippen LogP) is 3.17. The lowest BCUT2D eigenvalue weighted by molar-refractivity contribution is 0.165. The predicted molar refractivity (Wildman–Crippen MR) is 127 cm³/mol. The van der Waals surface area contributed by atoms with Gasteiger partial charge in [0.25, 0.3) is 5.56 Å². The molecule has 1 saturated carbocycles. The molecule has 2 fully saturated rings. The molecule has 2 atom stereocenters. The maximum absolute atomic E-state index is 14.9. The van der Waals surface area contributed by atoms with Crippen molar-refractivity contribution in [2.24, 2.45) is 7.05 Å². The number of aromatic nitrogens is 4. The number of anilines is 1. The van der Waals surface area contributed by atoms with Crippen LogP contribution in [0.1, 0.15) is 62.0 Å². The fourth-order valence-electron chi connectivity index (χ4n) is 5.05. The lowest BCUT2D eigenvalue weighted by atomic mass is 10.0. The van der Waals surface area contributed by atoms with E-state index in [0.717, 1.165) is 43.7 Å². The minimum Gasteiger partial charge on any atom is -0.363 e. The van der Waals surface area contributed by atoms with E-state index in [2.05, 4.69) is 32.8 Å². The zero-order chi connectivity index (χ0) is 24.0. The van der Waals surface area contributed by atoms with Gasteiger partial charge in [-0.05, 0) is 32.3 Å². The van der Waals surface area contributed by atoms with Crippen molar-refractivity contribution in [3.8, 4) is 6.07 Å². The lowest BCUT2D eigenvalue weighted by Crippen LogP contribution is -2.54. The van der Waals surface area contributed by atoms with E-state index in [9.17, 15) is 9.18 Å². The highest BCUT2D eigenvalue weighted by atomic mass is 19.1. The van der Waals surface area contributed by atoms with E-state index >= 15 is 0 Å². The summed E-state index contributed by atoms with van der Waals surface area (Å²) in [5.74, 6) is 0.0710. The Hall–Kier alpha value is -3.25. The number of nitrogens with zero attached hydrogens (tertiary/aromatic N) is 7. The van der Waals surface area contributed by atoms with Crippen LogP contribution in [-0.2, 0) is 13.5 Å². The number of imidazole rings is 1. The number of nitriles is 1. The van der Waals surface area contributed by atoms with E-state index in [1.165, 1.54) is 4.68 Å². The Labute approximate surface area is 198 Å². The standard InChI is InChI=1S/C25H30FN7O/c1-4-19-15-31(16(2)20-7-8-21(17-5-6-17)29-24(20)26)11-12-32(19)22-13-23(34)30(3)33-14-18(9-10-27)28-25(22)33/h7-8,13-14,16-17,19H,4-6,9,11-12,15H2,1-3H3. The molecule has 0 spiro atoms. The molecule has 3 aromatic rings. The number of piperazine rings is 1. The Morgan fingerprint density at radius 2 is 2.06 bits per heavy atom. The van der Waals surface area contributed by atoms with Gasteiger partial charge in [0.05, 0.1) is 30.1 Å². The highest BCUT2D eigenvalue weighted by Crippen LogP contribution is 2.39. The van der Waals surface area contributed by atoms with Gasteiger partial charge in [0.2, 0.25) is 5.95 Å². The van der Waals surface area contributed by atoms with E-state index in [1.807, 2.05) is 19.1 Å². The van der Waals surface area contributed by atoms with Gasteiger partial charge < -0.3 is 4.90 Å². The number of aryl methyl sites for hydroxylation is 1. The van der Waals surface area contributed by atoms with Crippen LogP contribution in [0, 0.1) is 17.3 Å². The summed E-state index contributed by atoms with van der Waals surface area (Å²) >= 11 is 0. The number of hydrogen-bond acceptors (Lipinski definition) is 6. The lowest BCUT2D eigenvalue weighted by Gasteiger charge is -2.44. The van der Waals surface area contributed by atoms with Crippen LogP contribution in [0.15, 0.2) is 29.2 Å². The molecule has 0 amide bonds. The summed E-state index contributed by atoms with van der Waals surface area (Å²) < 4.78 is 18.1. The Kier molecular flexibility index (Phi) is 5.86. The van der Waals surface area contributed by atoms with Gasteiger partial charge >= 0.3 is 0 Å². The summed E-state index contributed by atoms with van der Waals surface area (Å²) in [5, 5.41) is 9.09. The highest BCUT2D eigenvalue weighted by Gasteiger charge is 2.33. The molecular formula is C25H30FN7O. The molecule has 3 aromatic heterocycles. The van der Waals surface area contributed by atoms with E-state index in [4.69, 9.17) is 5.26 Å². The third-order valence-corrected chi connectivity index (χ3v) is 7.32. The van der Waals surface area contributed by atoms with Gasteiger partial charge in [-0.25, -0.2) is 19.2 Å². The molecule has 0 N–H and O–H groups in total. The molecule has 1 aliphatic carbocycles. The first-order chi connectivity index (χ1) is 16.4. The molecule has 9 heteroatoms. The van der Waals surface area contributed by atoms with Gasteiger partial charge in [-0.3, -0.25) is 9.69 Å². The van der Waals surface area contributed by atoms with Crippen LogP contribution in [0.25, 0.3) is 5.65 Å². The van der Waals surface area contributed by atoms with E-state index in [1.54, 1.807) is 23.8 Å². The highest BCUT2D eigenvalue weighted by molar-refractivity contribution is 5.69. The fourth-order valence-corrected chi connectivity index (χ4v) is 5.05. The van der Waals surface area contributed by atoms with Crippen LogP contribution in [-0.4, -0.2) is 49.7 Å². The van der Waals surface area contributed by atoms with Crippen LogP contribution < -0.4 is 10.5 Å². The van der Waals surface area contributed by atoms with E-state index in [0.29, 0.717) is 29.4 Å². The SMILES string of the molecule is CCC1CN(C(C)c2ccc(C3CC3)nc2F)CCN1c1cc(=O)n(C)n2cc(CC#N)nc12. The third kappa shape index (κ3) is 3.96. The average molecular weight is 464 g/mol. The molecule has 1 saturated heterocycles. The van der Waals surface area contributed by atoms with Crippen LogP contribution in [0.4, 0.5) is 10.1 Å². The topological polar surface area (TPSA) is 82.5 Å².